The number of hydrogen-bond acceptors (Lipinski definition) is 5. The molecule has 0 aromatic heterocycles. The van der Waals surface area contributed by atoms with Crippen LogP contribution in [0.25, 0.3) is 0 Å². The molecule has 0 bridgehead atoms. The van der Waals surface area contributed by atoms with Crippen LogP contribution in [0.4, 0.5) is 10.1 Å². The SMILES string of the molecule is COc1ccc(C(=O)NN(C(=O)c2ccccc2F)C2CC(=O)N(c3cccc(C)c3)C2=O)cc1. The van der Waals surface area contributed by atoms with Gasteiger partial charge in [-0.05, 0) is 61.0 Å². The van der Waals surface area contributed by atoms with Crippen molar-refractivity contribution in [1.82, 2.24) is 10.4 Å². The van der Waals surface area contributed by atoms with Crippen molar-refractivity contribution in [3.63, 3.8) is 0 Å². The van der Waals surface area contributed by atoms with Gasteiger partial charge in [-0.2, -0.15) is 0 Å². The zero-order chi connectivity index (χ0) is 25.1. The molecule has 1 saturated heterocycles. The van der Waals surface area contributed by atoms with Crippen LogP contribution in [0.5, 0.6) is 5.75 Å². The molecular formula is C26H22FN3O5. The highest BCUT2D eigenvalue weighted by Gasteiger charge is 2.46. The van der Waals surface area contributed by atoms with Crippen LogP contribution in [0, 0.1) is 12.7 Å². The minimum absolute atomic E-state index is 0.171. The third-order valence-corrected chi connectivity index (χ3v) is 5.59. The Kier molecular flexibility index (Phi) is 6.59. The minimum Gasteiger partial charge on any atom is -0.497 e. The first-order chi connectivity index (χ1) is 16.8. The molecule has 4 rings (SSSR count). The lowest BCUT2D eigenvalue weighted by atomic mass is 10.1. The fraction of sp³-hybridized carbons (Fsp3) is 0.154. The van der Waals surface area contributed by atoms with E-state index in [-0.39, 0.29) is 17.5 Å². The van der Waals surface area contributed by atoms with Crippen LogP contribution in [-0.2, 0) is 9.59 Å². The summed E-state index contributed by atoms with van der Waals surface area (Å²) in [4.78, 5) is 53.4. The number of ether oxygens (including phenoxy) is 1. The number of nitrogens with zero attached hydrogens (tertiary/aromatic N) is 2. The number of aryl methyl sites for hydroxylation is 1. The maximum atomic E-state index is 14.5. The maximum Gasteiger partial charge on any atom is 0.276 e. The molecule has 1 aliphatic heterocycles. The Hall–Kier alpha value is -4.53. The Labute approximate surface area is 200 Å². The summed E-state index contributed by atoms with van der Waals surface area (Å²) < 4.78 is 19.5. The van der Waals surface area contributed by atoms with E-state index in [1.54, 1.807) is 30.3 Å². The molecule has 1 atom stereocenters. The second-order valence-electron chi connectivity index (χ2n) is 7.95. The minimum atomic E-state index is -1.36. The van der Waals surface area contributed by atoms with Crippen molar-refractivity contribution in [3.8, 4) is 5.75 Å². The summed E-state index contributed by atoms with van der Waals surface area (Å²) >= 11 is 0. The van der Waals surface area contributed by atoms with E-state index in [0.29, 0.717) is 11.4 Å². The number of rotatable bonds is 5. The summed E-state index contributed by atoms with van der Waals surface area (Å²) in [6, 6.07) is 16.7. The first-order valence-electron chi connectivity index (χ1n) is 10.8. The van der Waals surface area contributed by atoms with Crippen LogP contribution in [0.2, 0.25) is 0 Å². The summed E-state index contributed by atoms with van der Waals surface area (Å²) in [5.41, 5.74) is 3.41. The molecule has 1 aliphatic rings. The van der Waals surface area contributed by atoms with E-state index in [1.807, 2.05) is 13.0 Å². The Bertz CT molecular complexity index is 1310. The van der Waals surface area contributed by atoms with E-state index >= 15 is 0 Å². The van der Waals surface area contributed by atoms with Crippen LogP contribution in [0.3, 0.4) is 0 Å². The molecule has 1 fully saturated rings. The van der Waals surface area contributed by atoms with Crippen LogP contribution >= 0.6 is 0 Å². The monoisotopic (exact) mass is 475 g/mol. The van der Waals surface area contributed by atoms with Gasteiger partial charge in [0.25, 0.3) is 17.7 Å². The molecule has 3 aromatic rings. The average Bonchev–Trinajstić information content (AvgIpc) is 3.15. The third kappa shape index (κ3) is 4.74. The van der Waals surface area contributed by atoms with E-state index in [0.717, 1.165) is 21.5 Å². The molecule has 0 saturated carbocycles. The quantitative estimate of drug-likeness (QED) is 0.452. The first kappa shape index (κ1) is 23.6. The van der Waals surface area contributed by atoms with E-state index in [2.05, 4.69) is 5.43 Å². The standard InChI is InChI=1S/C26H22FN3O5/c1-16-6-5-7-18(14-16)29-23(31)15-22(26(29)34)30(25(33)20-8-3-4-9-21(20)27)28-24(32)17-10-12-19(35-2)13-11-17/h3-14,22H,15H2,1-2H3,(H,28,32). The first-order valence-corrected chi connectivity index (χ1v) is 10.8. The molecule has 9 heteroatoms. The van der Waals surface area contributed by atoms with Gasteiger partial charge >= 0.3 is 0 Å². The number of carbonyl (C=O) groups is 4. The van der Waals surface area contributed by atoms with Crippen molar-refractivity contribution in [2.45, 2.75) is 19.4 Å². The second-order valence-corrected chi connectivity index (χ2v) is 7.95. The fourth-order valence-corrected chi connectivity index (χ4v) is 3.81. The average molecular weight is 475 g/mol. The van der Waals surface area contributed by atoms with Crippen molar-refractivity contribution in [2.24, 2.45) is 0 Å². The van der Waals surface area contributed by atoms with Crippen molar-refractivity contribution in [2.75, 3.05) is 12.0 Å². The number of hydrazine groups is 1. The smallest absolute Gasteiger partial charge is 0.276 e. The molecule has 4 amide bonds. The van der Waals surface area contributed by atoms with Crippen LogP contribution in [0.15, 0.2) is 72.8 Å². The fourth-order valence-electron chi connectivity index (χ4n) is 3.81. The maximum absolute atomic E-state index is 14.5. The Morgan fingerprint density at radius 3 is 2.40 bits per heavy atom. The lowest BCUT2D eigenvalue weighted by Gasteiger charge is -2.28. The Morgan fingerprint density at radius 1 is 1.03 bits per heavy atom. The number of amides is 4. The largest absolute Gasteiger partial charge is 0.497 e. The molecule has 0 aliphatic carbocycles. The highest BCUT2D eigenvalue weighted by atomic mass is 19.1. The molecule has 8 nitrogen and oxygen atoms in total. The van der Waals surface area contributed by atoms with Gasteiger partial charge < -0.3 is 4.74 Å². The number of nitrogens with one attached hydrogen (secondary N) is 1. The highest BCUT2D eigenvalue weighted by Crippen LogP contribution is 2.27. The predicted molar refractivity (Wildman–Crippen MR) is 125 cm³/mol. The van der Waals surface area contributed by atoms with Gasteiger partial charge in [-0.25, -0.2) is 14.3 Å². The number of carbonyl (C=O) groups excluding carboxylic acids is 4. The molecular weight excluding hydrogens is 453 g/mol. The van der Waals surface area contributed by atoms with E-state index in [1.165, 1.54) is 37.4 Å². The van der Waals surface area contributed by atoms with Gasteiger partial charge in [-0.3, -0.25) is 24.6 Å². The van der Waals surface area contributed by atoms with Crippen molar-refractivity contribution >= 4 is 29.3 Å². The van der Waals surface area contributed by atoms with Gasteiger partial charge in [-0.1, -0.05) is 24.3 Å². The number of halogens is 1. The molecule has 35 heavy (non-hydrogen) atoms. The summed E-state index contributed by atoms with van der Waals surface area (Å²) in [7, 11) is 1.48. The number of benzene rings is 3. The summed E-state index contributed by atoms with van der Waals surface area (Å²) in [6.45, 7) is 1.81. The highest BCUT2D eigenvalue weighted by molar-refractivity contribution is 6.23. The lowest BCUT2D eigenvalue weighted by Crippen LogP contribution is -2.54. The van der Waals surface area contributed by atoms with Crippen molar-refractivity contribution in [1.29, 1.82) is 0 Å². The van der Waals surface area contributed by atoms with Crippen molar-refractivity contribution in [3.05, 3.63) is 95.3 Å². The molecule has 1 heterocycles. The van der Waals surface area contributed by atoms with Crippen molar-refractivity contribution < 1.29 is 28.3 Å². The summed E-state index contributed by atoms with van der Waals surface area (Å²) in [5.74, 6) is -3.23. The van der Waals surface area contributed by atoms with E-state index in [9.17, 15) is 23.6 Å². The van der Waals surface area contributed by atoms with Gasteiger partial charge in [-0.15, -0.1) is 0 Å². The molecule has 1 unspecified atom stereocenters. The van der Waals surface area contributed by atoms with E-state index in [4.69, 9.17) is 4.74 Å². The van der Waals surface area contributed by atoms with Gasteiger partial charge in [0, 0.05) is 5.56 Å². The molecule has 0 spiro atoms. The molecule has 0 radical (unpaired) electrons. The molecule has 178 valence electrons. The summed E-state index contributed by atoms with van der Waals surface area (Å²) in [5, 5.41) is 0.737. The van der Waals surface area contributed by atoms with Crippen LogP contribution in [0.1, 0.15) is 32.7 Å². The zero-order valence-electron chi connectivity index (χ0n) is 19.0. The summed E-state index contributed by atoms with van der Waals surface area (Å²) in [6.07, 6.45) is -0.379. The van der Waals surface area contributed by atoms with E-state index < -0.39 is 35.5 Å². The van der Waals surface area contributed by atoms with Gasteiger partial charge in [0.15, 0.2) is 0 Å². The van der Waals surface area contributed by atoms with Gasteiger partial charge in [0.05, 0.1) is 24.8 Å². The number of methoxy groups -OCH3 is 1. The van der Waals surface area contributed by atoms with Gasteiger partial charge in [0.2, 0.25) is 5.91 Å². The van der Waals surface area contributed by atoms with Crippen LogP contribution in [-0.4, -0.2) is 41.8 Å². The molecule has 3 aromatic carbocycles. The Balaban J connectivity index is 1.69. The number of anilines is 1. The lowest BCUT2D eigenvalue weighted by molar-refractivity contribution is -0.122. The third-order valence-electron chi connectivity index (χ3n) is 5.59. The Morgan fingerprint density at radius 2 is 1.74 bits per heavy atom. The zero-order valence-corrected chi connectivity index (χ0v) is 19.0. The second kappa shape index (κ2) is 9.76. The van der Waals surface area contributed by atoms with Crippen LogP contribution < -0.4 is 15.1 Å². The number of hydrogen-bond donors (Lipinski definition) is 1. The van der Waals surface area contributed by atoms with Gasteiger partial charge in [0.1, 0.15) is 17.6 Å². The normalized spacial score (nSPS) is 15.2. The number of imide groups is 1. The topological polar surface area (TPSA) is 96.0 Å². The predicted octanol–water partition coefficient (Wildman–Crippen LogP) is 3.26. The molecule has 1 N–H and O–H groups in total.